The molecule has 0 radical (unpaired) electrons. The van der Waals surface area contributed by atoms with Crippen LogP contribution >= 0.6 is 11.6 Å². The first-order chi connectivity index (χ1) is 8.71. The van der Waals surface area contributed by atoms with Gasteiger partial charge in [0.1, 0.15) is 5.38 Å². The van der Waals surface area contributed by atoms with Crippen molar-refractivity contribution in [3.63, 3.8) is 0 Å². The standard InChI is InChI=1S/C15H18ClNO/c16-13(11-4-2-1-3-5-11)14(18)17-10-15(8-9-15)12-6-7-12/h1-5,12-13H,6-10H2,(H,17,18). The molecule has 0 aliphatic heterocycles. The molecule has 0 bridgehead atoms. The van der Waals surface area contributed by atoms with E-state index >= 15 is 0 Å². The van der Waals surface area contributed by atoms with Gasteiger partial charge >= 0.3 is 0 Å². The summed E-state index contributed by atoms with van der Waals surface area (Å²) in [4.78, 5) is 12.0. The predicted molar refractivity (Wildman–Crippen MR) is 72.4 cm³/mol. The summed E-state index contributed by atoms with van der Waals surface area (Å²) >= 11 is 6.19. The second-order valence-electron chi connectivity index (χ2n) is 5.63. The van der Waals surface area contributed by atoms with Gasteiger partial charge in [-0.15, -0.1) is 11.6 Å². The molecular formula is C15H18ClNO. The van der Waals surface area contributed by atoms with Gasteiger partial charge in [-0.2, -0.15) is 0 Å². The molecule has 1 amide bonds. The molecule has 2 aliphatic rings. The molecule has 0 spiro atoms. The number of carbonyl (C=O) groups excluding carboxylic acids is 1. The van der Waals surface area contributed by atoms with E-state index in [9.17, 15) is 4.79 Å². The lowest BCUT2D eigenvalue weighted by Crippen LogP contribution is -2.33. The van der Waals surface area contributed by atoms with Crippen molar-refractivity contribution in [2.24, 2.45) is 11.3 Å². The first kappa shape index (κ1) is 12.0. The van der Waals surface area contributed by atoms with E-state index < -0.39 is 5.38 Å². The number of hydrogen-bond acceptors (Lipinski definition) is 1. The number of rotatable bonds is 5. The maximum absolute atomic E-state index is 12.0. The van der Waals surface area contributed by atoms with Gasteiger partial charge in [0, 0.05) is 6.54 Å². The molecule has 3 heteroatoms. The topological polar surface area (TPSA) is 29.1 Å². The molecule has 96 valence electrons. The summed E-state index contributed by atoms with van der Waals surface area (Å²) in [6.45, 7) is 0.812. The lowest BCUT2D eigenvalue weighted by Gasteiger charge is -2.17. The molecule has 1 aromatic carbocycles. The molecule has 3 rings (SSSR count). The van der Waals surface area contributed by atoms with Gasteiger partial charge in [0.05, 0.1) is 0 Å². The smallest absolute Gasteiger partial charge is 0.242 e. The fourth-order valence-electron chi connectivity index (χ4n) is 2.71. The average molecular weight is 264 g/mol. The summed E-state index contributed by atoms with van der Waals surface area (Å²) in [6.07, 6.45) is 5.24. The first-order valence-electron chi connectivity index (χ1n) is 6.68. The van der Waals surface area contributed by atoms with Crippen LogP contribution in [0.1, 0.15) is 36.6 Å². The highest BCUT2D eigenvalue weighted by atomic mass is 35.5. The Morgan fingerprint density at radius 1 is 1.33 bits per heavy atom. The highest BCUT2D eigenvalue weighted by Crippen LogP contribution is 2.60. The Morgan fingerprint density at radius 2 is 2.00 bits per heavy atom. The number of halogens is 1. The van der Waals surface area contributed by atoms with Crippen molar-refractivity contribution in [1.82, 2.24) is 5.32 Å². The quantitative estimate of drug-likeness (QED) is 0.812. The van der Waals surface area contributed by atoms with Crippen LogP contribution in [-0.2, 0) is 4.79 Å². The van der Waals surface area contributed by atoms with Crippen LogP contribution in [0.4, 0.5) is 0 Å². The molecule has 2 fully saturated rings. The van der Waals surface area contributed by atoms with Crippen molar-refractivity contribution in [2.75, 3.05) is 6.54 Å². The molecule has 0 heterocycles. The van der Waals surface area contributed by atoms with Crippen LogP contribution in [0, 0.1) is 11.3 Å². The number of carbonyl (C=O) groups is 1. The van der Waals surface area contributed by atoms with E-state index in [0.29, 0.717) is 5.41 Å². The van der Waals surface area contributed by atoms with E-state index in [1.165, 1.54) is 25.7 Å². The third kappa shape index (κ3) is 2.39. The zero-order valence-corrected chi connectivity index (χ0v) is 11.1. The molecule has 1 atom stereocenters. The maximum atomic E-state index is 12.0. The lowest BCUT2D eigenvalue weighted by atomic mass is 10.0. The van der Waals surface area contributed by atoms with Gasteiger partial charge < -0.3 is 5.32 Å². The zero-order chi connectivity index (χ0) is 12.6. The van der Waals surface area contributed by atoms with E-state index in [2.05, 4.69) is 5.32 Å². The molecule has 2 aliphatic carbocycles. The monoisotopic (exact) mass is 263 g/mol. The van der Waals surface area contributed by atoms with Crippen LogP contribution in [0.3, 0.4) is 0 Å². The van der Waals surface area contributed by atoms with Gasteiger partial charge in [-0.3, -0.25) is 4.79 Å². The van der Waals surface area contributed by atoms with Crippen molar-refractivity contribution < 1.29 is 4.79 Å². The third-order valence-electron chi connectivity index (χ3n) is 4.27. The van der Waals surface area contributed by atoms with Gasteiger partial charge in [0.2, 0.25) is 5.91 Å². The van der Waals surface area contributed by atoms with Gasteiger partial charge in [-0.25, -0.2) is 0 Å². The summed E-state index contributed by atoms with van der Waals surface area (Å²) in [5.74, 6) is 0.804. The molecule has 0 saturated heterocycles. The Bertz CT molecular complexity index is 437. The molecule has 0 aromatic heterocycles. The van der Waals surface area contributed by atoms with Crippen molar-refractivity contribution in [2.45, 2.75) is 31.1 Å². The fourth-order valence-corrected chi connectivity index (χ4v) is 2.93. The summed E-state index contributed by atoms with van der Waals surface area (Å²) in [7, 11) is 0. The Morgan fingerprint density at radius 3 is 2.56 bits per heavy atom. The van der Waals surface area contributed by atoms with Crippen molar-refractivity contribution in [1.29, 1.82) is 0 Å². The summed E-state index contributed by atoms with van der Waals surface area (Å²) in [6, 6.07) is 9.53. The number of benzene rings is 1. The van der Waals surface area contributed by atoms with Crippen LogP contribution in [0.15, 0.2) is 30.3 Å². The zero-order valence-electron chi connectivity index (χ0n) is 10.4. The first-order valence-corrected chi connectivity index (χ1v) is 7.12. The number of amides is 1. The minimum absolute atomic E-state index is 0.0604. The van der Waals surface area contributed by atoms with E-state index in [-0.39, 0.29) is 5.91 Å². The minimum atomic E-state index is -0.568. The number of alkyl halides is 1. The van der Waals surface area contributed by atoms with E-state index in [4.69, 9.17) is 11.6 Å². The maximum Gasteiger partial charge on any atom is 0.242 e. The molecule has 1 unspecified atom stereocenters. The number of hydrogen-bond donors (Lipinski definition) is 1. The Labute approximate surface area is 113 Å². The summed E-state index contributed by atoms with van der Waals surface area (Å²) < 4.78 is 0. The Hall–Kier alpha value is -1.02. The fraction of sp³-hybridized carbons (Fsp3) is 0.533. The normalized spacial score (nSPS) is 22.3. The van der Waals surface area contributed by atoms with E-state index in [1.54, 1.807) is 0 Å². The second-order valence-corrected chi connectivity index (χ2v) is 6.06. The molecule has 1 aromatic rings. The average Bonchev–Trinajstić information content (AvgIpc) is 3.28. The molecule has 2 nitrogen and oxygen atoms in total. The van der Waals surface area contributed by atoms with E-state index in [0.717, 1.165) is 18.0 Å². The predicted octanol–water partition coefficient (Wildman–Crippen LogP) is 3.27. The molecular weight excluding hydrogens is 246 g/mol. The lowest BCUT2D eigenvalue weighted by molar-refractivity contribution is -0.121. The minimum Gasteiger partial charge on any atom is -0.354 e. The van der Waals surface area contributed by atoms with Crippen LogP contribution in [0.25, 0.3) is 0 Å². The van der Waals surface area contributed by atoms with Crippen LogP contribution in [0.2, 0.25) is 0 Å². The number of nitrogens with one attached hydrogen (secondary N) is 1. The van der Waals surface area contributed by atoms with Crippen LogP contribution in [-0.4, -0.2) is 12.5 Å². The second kappa shape index (κ2) is 4.58. The van der Waals surface area contributed by atoms with Gasteiger partial charge in [0.25, 0.3) is 0 Å². The van der Waals surface area contributed by atoms with Crippen LogP contribution in [0.5, 0.6) is 0 Å². The largest absolute Gasteiger partial charge is 0.354 e. The van der Waals surface area contributed by atoms with Gasteiger partial charge in [0.15, 0.2) is 0 Å². The van der Waals surface area contributed by atoms with E-state index in [1.807, 2.05) is 30.3 Å². The van der Waals surface area contributed by atoms with Crippen molar-refractivity contribution in [3.05, 3.63) is 35.9 Å². The van der Waals surface area contributed by atoms with Gasteiger partial charge in [-0.05, 0) is 42.6 Å². The SMILES string of the molecule is O=C(NCC1(C2CC2)CC1)C(Cl)c1ccccc1. The molecule has 2 saturated carbocycles. The third-order valence-corrected chi connectivity index (χ3v) is 4.72. The summed E-state index contributed by atoms with van der Waals surface area (Å²) in [5.41, 5.74) is 1.30. The highest BCUT2D eigenvalue weighted by Gasteiger charge is 2.53. The van der Waals surface area contributed by atoms with Crippen molar-refractivity contribution >= 4 is 17.5 Å². The molecule has 1 N–H and O–H groups in total. The summed E-state index contributed by atoms with van der Waals surface area (Å²) in [5, 5.41) is 2.47. The Balaban J connectivity index is 1.55. The van der Waals surface area contributed by atoms with Crippen molar-refractivity contribution in [3.8, 4) is 0 Å². The molecule has 18 heavy (non-hydrogen) atoms. The Kier molecular flexibility index (Phi) is 3.06. The highest BCUT2D eigenvalue weighted by molar-refractivity contribution is 6.30. The van der Waals surface area contributed by atoms with Gasteiger partial charge in [-0.1, -0.05) is 30.3 Å². The van der Waals surface area contributed by atoms with Crippen LogP contribution < -0.4 is 5.32 Å².